The highest BCUT2D eigenvalue weighted by Crippen LogP contribution is 2.43. The number of hydrogen-bond acceptors (Lipinski definition) is 6. The Hall–Kier alpha value is -4.21. The minimum atomic E-state index is -0.546. The predicted molar refractivity (Wildman–Crippen MR) is 129 cm³/mol. The number of hydrogen-bond donors (Lipinski definition) is 1. The second-order valence-electron chi connectivity index (χ2n) is 7.43. The van der Waals surface area contributed by atoms with Gasteiger partial charge in [0, 0.05) is 22.7 Å². The summed E-state index contributed by atoms with van der Waals surface area (Å²) >= 11 is 5.87. The van der Waals surface area contributed by atoms with Crippen LogP contribution in [0.1, 0.15) is 29.5 Å². The smallest absolute Gasteiger partial charge is 0.336 e. The zero-order valence-electron chi connectivity index (χ0n) is 18.3. The summed E-state index contributed by atoms with van der Waals surface area (Å²) in [7, 11) is 0. The van der Waals surface area contributed by atoms with Crippen molar-refractivity contribution in [3.05, 3.63) is 106 Å². The van der Waals surface area contributed by atoms with Crippen LogP contribution in [0, 0.1) is 11.3 Å². The Bertz CT molecular complexity index is 1310. The number of nitrogens with zero attached hydrogens (tertiary/aromatic N) is 1. The molecular formula is C27H21ClN2O4. The van der Waals surface area contributed by atoms with Gasteiger partial charge in [-0.15, -0.1) is 0 Å². The molecule has 1 aliphatic heterocycles. The maximum Gasteiger partial charge on any atom is 0.336 e. The predicted octanol–water partition coefficient (Wildman–Crippen LogP) is 5.58. The molecule has 0 aliphatic carbocycles. The molecule has 0 saturated heterocycles. The van der Waals surface area contributed by atoms with E-state index in [1.54, 1.807) is 48.5 Å². The van der Waals surface area contributed by atoms with Crippen molar-refractivity contribution >= 4 is 23.6 Å². The molecule has 6 nitrogen and oxygen atoms in total. The summed E-state index contributed by atoms with van der Waals surface area (Å²) in [4.78, 5) is 12.3. The Labute approximate surface area is 202 Å². The number of allylic oxidation sites excluding steroid dienone is 1. The first-order valence-electron chi connectivity index (χ1n) is 10.6. The van der Waals surface area contributed by atoms with E-state index in [1.807, 2.05) is 31.2 Å². The lowest BCUT2D eigenvalue weighted by Gasteiger charge is -2.26. The maximum absolute atomic E-state index is 12.3. The minimum Gasteiger partial charge on any atom is -0.494 e. The van der Waals surface area contributed by atoms with Gasteiger partial charge < -0.3 is 19.9 Å². The fourth-order valence-corrected chi connectivity index (χ4v) is 3.78. The quantitative estimate of drug-likeness (QED) is 0.286. The van der Waals surface area contributed by atoms with E-state index in [-0.39, 0.29) is 5.88 Å². The van der Waals surface area contributed by atoms with E-state index < -0.39 is 11.9 Å². The molecule has 0 amide bonds. The van der Waals surface area contributed by atoms with Crippen molar-refractivity contribution in [2.24, 2.45) is 5.73 Å². The summed E-state index contributed by atoms with van der Waals surface area (Å²) in [6.45, 7) is 2.48. The Morgan fingerprint density at radius 1 is 1.12 bits per heavy atom. The summed E-state index contributed by atoms with van der Waals surface area (Å²) in [6, 6.07) is 21.7. The van der Waals surface area contributed by atoms with Crippen molar-refractivity contribution in [2.45, 2.75) is 12.8 Å². The average molecular weight is 473 g/mol. The monoisotopic (exact) mass is 472 g/mol. The number of fused-ring (bicyclic) bond motifs is 1. The van der Waals surface area contributed by atoms with Gasteiger partial charge in [-0.3, -0.25) is 0 Å². The van der Waals surface area contributed by atoms with Crippen LogP contribution in [0.5, 0.6) is 17.2 Å². The second kappa shape index (κ2) is 10.2. The molecule has 3 aromatic carbocycles. The number of carbonyl (C=O) groups excluding carboxylic acids is 1. The number of nitrogens with two attached hydrogens (primary N) is 1. The standard InChI is InChI=1S/C27H21ClN2O4/c1-2-32-20-10-6-18(7-11-20)26-22-13-12-21(15-24(22)34-27(30)23(26)16-29)33-25(31)14-5-17-3-8-19(28)9-4-17/h3-15,26H,2,30H2,1H3/b14-5+. The third kappa shape index (κ3) is 5.06. The first-order valence-corrected chi connectivity index (χ1v) is 11.0. The Balaban J connectivity index is 1.57. The van der Waals surface area contributed by atoms with Gasteiger partial charge in [-0.05, 0) is 54.5 Å². The zero-order chi connectivity index (χ0) is 24.1. The van der Waals surface area contributed by atoms with E-state index in [0.717, 1.165) is 22.4 Å². The van der Waals surface area contributed by atoms with Crippen LogP contribution < -0.4 is 19.9 Å². The highest BCUT2D eigenvalue weighted by Gasteiger charge is 2.31. The highest BCUT2D eigenvalue weighted by atomic mass is 35.5. The molecule has 1 aliphatic rings. The third-order valence-electron chi connectivity index (χ3n) is 5.22. The number of rotatable bonds is 6. The zero-order valence-corrected chi connectivity index (χ0v) is 19.1. The molecule has 1 atom stereocenters. The molecule has 0 fully saturated rings. The SMILES string of the molecule is CCOc1ccc(C2C(C#N)=C(N)Oc3cc(OC(=O)/C=C/c4ccc(Cl)cc4)ccc32)cc1. The molecule has 34 heavy (non-hydrogen) atoms. The molecule has 2 N–H and O–H groups in total. The number of benzene rings is 3. The van der Waals surface area contributed by atoms with Crippen LogP contribution in [0.3, 0.4) is 0 Å². The summed E-state index contributed by atoms with van der Waals surface area (Å²) in [6.07, 6.45) is 2.96. The van der Waals surface area contributed by atoms with Gasteiger partial charge in [-0.1, -0.05) is 41.9 Å². The molecular weight excluding hydrogens is 452 g/mol. The number of ether oxygens (including phenoxy) is 3. The second-order valence-corrected chi connectivity index (χ2v) is 7.87. The summed E-state index contributed by atoms with van der Waals surface area (Å²) in [5, 5.41) is 10.3. The molecule has 1 unspecified atom stereocenters. The van der Waals surface area contributed by atoms with E-state index in [0.29, 0.717) is 28.7 Å². The molecule has 0 radical (unpaired) electrons. The van der Waals surface area contributed by atoms with Crippen LogP contribution in [0.2, 0.25) is 5.02 Å². The van der Waals surface area contributed by atoms with E-state index >= 15 is 0 Å². The van der Waals surface area contributed by atoms with Gasteiger partial charge in [0.05, 0.1) is 12.5 Å². The molecule has 0 bridgehead atoms. The van der Waals surface area contributed by atoms with Gasteiger partial charge >= 0.3 is 5.97 Å². The number of esters is 1. The van der Waals surface area contributed by atoms with Crippen LogP contribution in [0.15, 0.2) is 84.3 Å². The first kappa shape index (κ1) is 23.0. The van der Waals surface area contributed by atoms with Crippen LogP contribution in [-0.2, 0) is 4.79 Å². The largest absolute Gasteiger partial charge is 0.494 e. The van der Waals surface area contributed by atoms with Gasteiger partial charge in [0.25, 0.3) is 0 Å². The lowest BCUT2D eigenvalue weighted by Crippen LogP contribution is -2.21. The fourth-order valence-electron chi connectivity index (χ4n) is 3.65. The molecule has 4 rings (SSSR count). The third-order valence-corrected chi connectivity index (χ3v) is 5.47. The van der Waals surface area contributed by atoms with Crippen molar-refractivity contribution in [3.8, 4) is 23.3 Å². The lowest BCUT2D eigenvalue weighted by atomic mass is 9.83. The highest BCUT2D eigenvalue weighted by molar-refractivity contribution is 6.30. The topological polar surface area (TPSA) is 94.6 Å². The molecule has 0 aromatic heterocycles. The maximum atomic E-state index is 12.3. The normalized spacial score (nSPS) is 14.8. The summed E-state index contributed by atoms with van der Waals surface area (Å²) in [5.41, 5.74) is 8.80. The van der Waals surface area contributed by atoms with Crippen LogP contribution in [-0.4, -0.2) is 12.6 Å². The van der Waals surface area contributed by atoms with Crippen LogP contribution >= 0.6 is 11.6 Å². The first-order chi connectivity index (χ1) is 16.5. The molecule has 7 heteroatoms. The fraction of sp³-hybridized carbons (Fsp3) is 0.111. The van der Waals surface area contributed by atoms with Crippen molar-refractivity contribution in [2.75, 3.05) is 6.61 Å². The number of halogens is 1. The van der Waals surface area contributed by atoms with Crippen molar-refractivity contribution < 1.29 is 19.0 Å². The molecule has 0 spiro atoms. The van der Waals surface area contributed by atoms with Crippen LogP contribution in [0.4, 0.5) is 0 Å². The van der Waals surface area contributed by atoms with Crippen molar-refractivity contribution in [1.82, 2.24) is 0 Å². The Morgan fingerprint density at radius 3 is 2.50 bits per heavy atom. The van der Waals surface area contributed by atoms with E-state index in [2.05, 4.69) is 6.07 Å². The van der Waals surface area contributed by atoms with Gasteiger partial charge in [-0.25, -0.2) is 4.79 Å². The van der Waals surface area contributed by atoms with Crippen molar-refractivity contribution in [1.29, 1.82) is 5.26 Å². The van der Waals surface area contributed by atoms with Gasteiger partial charge in [0.2, 0.25) is 5.88 Å². The van der Waals surface area contributed by atoms with E-state index in [9.17, 15) is 10.1 Å². The Kier molecular flexibility index (Phi) is 6.86. The minimum absolute atomic E-state index is 0.0139. The molecule has 1 heterocycles. The van der Waals surface area contributed by atoms with Crippen LogP contribution in [0.25, 0.3) is 6.08 Å². The lowest BCUT2D eigenvalue weighted by molar-refractivity contribution is -0.128. The van der Waals surface area contributed by atoms with Crippen molar-refractivity contribution in [3.63, 3.8) is 0 Å². The van der Waals surface area contributed by atoms with Gasteiger partial charge in [0.1, 0.15) is 28.9 Å². The van der Waals surface area contributed by atoms with Gasteiger partial charge in [-0.2, -0.15) is 5.26 Å². The van der Waals surface area contributed by atoms with E-state index in [4.69, 9.17) is 31.5 Å². The van der Waals surface area contributed by atoms with E-state index in [1.165, 1.54) is 6.08 Å². The Morgan fingerprint density at radius 2 is 1.82 bits per heavy atom. The molecule has 0 saturated carbocycles. The number of nitriles is 1. The number of carbonyl (C=O) groups is 1. The van der Waals surface area contributed by atoms with Gasteiger partial charge in [0.15, 0.2) is 0 Å². The average Bonchev–Trinajstić information content (AvgIpc) is 2.83. The summed E-state index contributed by atoms with van der Waals surface area (Å²) in [5.74, 6) is 0.502. The molecule has 170 valence electrons. The molecule has 3 aromatic rings. The summed E-state index contributed by atoms with van der Waals surface area (Å²) < 4.78 is 16.6.